The Balaban J connectivity index is 1.41. The van der Waals surface area contributed by atoms with Gasteiger partial charge in [0.15, 0.2) is 0 Å². The molecule has 1 atom stereocenters. The molecule has 2 amide bonds. The summed E-state index contributed by atoms with van der Waals surface area (Å²) < 4.78 is 12.6. The van der Waals surface area contributed by atoms with Gasteiger partial charge in [-0.2, -0.15) is 5.10 Å². The van der Waals surface area contributed by atoms with Crippen molar-refractivity contribution in [3.8, 4) is 5.75 Å². The van der Waals surface area contributed by atoms with Crippen LogP contribution in [0, 0.1) is 0 Å². The molecule has 10 heteroatoms. The predicted molar refractivity (Wildman–Crippen MR) is 132 cm³/mol. The van der Waals surface area contributed by atoms with Gasteiger partial charge in [0.1, 0.15) is 11.4 Å². The zero-order valence-corrected chi connectivity index (χ0v) is 20.9. The van der Waals surface area contributed by atoms with E-state index in [-0.39, 0.29) is 24.6 Å². The Morgan fingerprint density at radius 3 is 2.86 bits per heavy atom. The van der Waals surface area contributed by atoms with Crippen LogP contribution in [0.2, 0.25) is 0 Å². The number of aliphatic hydroxyl groups is 1. The Morgan fingerprint density at radius 2 is 2.11 bits per heavy atom. The van der Waals surface area contributed by atoms with Crippen LogP contribution in [0.3, 0.4) is 0 Å². The third-order valence-electron chi connectivity index (χ3n) is 6.83. The third-order valence-corrected chi connectivity index (χ3v) is 7.32. The number of hydrogen-bond donors (Lipinski definition) is 3. The van der Waals surface area contributed by atoms with Gasteiger partial charge in [0.05, 0.1) is 36.0 Å². The van der Waals surface area contributed by atoms with Crippen molar-refractivity contribution in [3.63, 3.8) is 0 Å². The maximum absolute atomic E-state index is 13.5. The number of ether oxygens (including phenoxy) is 2. The fraction of sp³-hybridized carbons (Fsp3) is 0.400. The van der Waals surface area contributed by atoms with E-state index in [2.05, 4.69) is 31.4 Å². The van der Waals surface area contributed by atoms with Gasteiger partial charge in [-0.25, -0.2) is 4.79 Å². The standard InChI is InChI=1S/C25H27BrN4O5/c1-2-34-24(33)30-10-8-25(9-11-30)13-19(18-12-15(26)6-7-21(18)35-25)27-23(32)17-5-3-4-16-20(14-31)28-29-22(16)17/h3-7,12,19,31H,2,8-11,13-14H2,1H3,(H,27,32)(H,28,29)/t19-/m0/s1. The molecule has 1 aromatic heterocycles. The van der Waals surface area contributed by atoms with Gasteiger partial charge in [-0.15, -0.1) is 0 Å². The first-order valence-corrected chi connectivity index (χ1v) is 12.5. The lowest BCUT2D eigenvalue weighted by Crippen LogP contribution is -2.53. The van der Waals surface area contributed by atoms with Crippen LogP contribution in [-0.2, 0) is 11.3 Å². The van der Waals surface area contributed by atoms with Gasteiger partial charge >= 0.3 is 6.09 Å². The zero-order chi connectivity index (χ0) is 24.6. The van der Waals surface area contributed by atoms with Crippen molar-refractivity contribution >= 4 is 38.8 Å². The Morgan fingerprint density at radius 1 is 1.31 bits per heavy atom. The smallest absolute Gasteiger partial charge is 0.409 e. The minimum atomic E-state index is -0.494. The van der Waals surface area contributed by atoms with Crippen molar-refractivity contribution < 1.29 is 24.2 Å². The number of fused-ring (bicyclic) bond motifs is 2. The molecule has 1 fully saturated rings. The summed E-state index contributed by atoms with van der Waals surface area (Å²) in [5, 5.41) is 20.5. The molecule has 2 aliphatic rings. The monoisotopic (exact) mass is 542 g/mol. The molecular weight excluding hydrogens is 516 g/mol. The molecule has 5 rings (SSSR count). The van der Waals surface area contributed by atoms with Crippen molar-refractivity contribution in [2.45, 2.75) is 44.4 Å². The number of nitrogens with zero attached hydrogens (tertiary/aromatic N) is 2. The van der Waals surface area contributed by atoms with Gasteiger partial charge < -0.3 is 24.8 Å². The van der Waals surface area contributed by atoms with Gasteiger partial charge in [0, 0.05) is 47.8 Å². The van der Waals surface area contributed by atoms with Gasteiger partial charge in [-0.1, -0.05) is 28.1 Å². The lowest BCUT2D eigenvalue weighted by Gasteiger charge is -2.46. The molecule has 1 saturated heterocycles. The summed E-state index contributed by atoms with van der Waals surface area (Å²) in [5.41, 5.74) is 1.96. The second kappa shape index (κ2) is 9.50. The summed E-state index contributed by atoms with van der Waals surface area (Å²) in [5.74, 6) is 0.498. The minimum absolute atomic E-state index is 0.211. The average molecular weight is 543 g/mol. The molecule has 9 nitrogen and oxygen atoms in total. The highest BCUT2D eigenvalue weighted by atomic mass is 79.9. The molecular formula is C25H27BrN4O5. The van der Waals surface area contributed by atoms with Gasteiger partial charge in [0.25, 0.3) is 5.91 Å². The number of aliphatic hydroxyl groups excluding tert-OH is 1. The second-order valence-electron chi connectivity index (χ2n) is 8.94. The lowest BCUT2D eigenvalue weighted by molar-refractivity contribution is -0.0233. The number of hydrogen-bond acceptors (Lipinski definition) is 6. The van der Waals surface area contributed by atoms with Crippen molar-refractivity contribution in [3.05, 3.63) is 57.7 Å². The number of rotatable bonds is 4. The normalized spacial score (nSPS) is 18.7. The Labute approximate surface area is 210 Å². The summed E-state index contributed by atoms with van der Waals surface area (Å²) in [4.78, 5) is 27.3. The molecule has 0 radical (unpaired) electrons. The fourth-order valence-electron chi connectivity index (χ4n) is 5.03. The van der Waals surface area contributed by atoms with Crippen LogP contribution in [0.4, 0.5) is 4.79 Å². The summed E-state index contributed by atoms with van der Waals surface area (Å²) in [6.45, 7) is 2.99. The maximum atomic E-state index is 13.5. The number of carbonyl (C=O) groups is 2. The van der Waals surface area contributed by atoms with E-state index in [0.29, 0.717) is 55.7 Å². The Hall–Kier alpha value is -3.11. The molecule has 0 aliphatic carbocycles. The van der Waals surface area contributed by atoms with E-state index < -0.39 is 5.60 Å². The summed E-state index contributed by atoms with van der Waals surface area (Å²) >= 11 is 3.54. The Bertz CT molecular complexity index is 1270. The quantitative estimate of drug-likeness (QED) is 0.457. The first kappa shape index (κ1) is 23.6. The van der Waals surface area contributed by atoms with E-state index in [1.54, 1.807) is 24.0 Å². The number of piperidine rings is 1. The first-order chi connectivity index (χ1) is 16.9. The van der Waals surface area contributed by atoms with Crippen molar-refractivity contribution in [1.29, 1.82) is 0 Å². The number of halogens is 1. The second-order valence-corrected chi connectivity index (χ2v) is 9.86. The van der Waals surface area contributed by atoms with Crippen LogP contribution in [0.25, 0.3) is 10.9 Å². The van der Waals surface area contributed by atoms with Crippen LogP contribution < -0.4 is 10.1 Å². The van der Waals surface area contributed by atoms with E-state index in [4.69, 9.17) is 9.47 Å². The molecule has 3 aromatic rings. The SMILES string of the molecule is CCOC(=O)N1CCC2(CC1)C[C@H](NC(=O)c1cccc3c(CO)n[nH]c13)c1cc(Br)ccc1O2. The topological polar surface area (TPSA) is 117 Å². The number of likely N-dealkylation sites (tertiary alicyclic amines) is 1. The molecule has 1 spiro atoms. The number of H-pyrrole nitrogens is 1. The lowest BCUT2D eigenvalue weighted by atomic mass is 9.80. The number of benzene rings is 2. The van der Waals surface area contributed by atoms with E-state index in [9.17, 15) is 14.7 Å². The predicted octanol–water partition coefficient (Wildman–Crippen LogP) is 4.06. The number of para-hydroxylation sites is 1. The number of nitrogens with one attached hydrogen (secondary N) is 2. The molecule has 184 valence electrons. The molecule has 2 aliphatic heterocycles. The first-order valence-electron chi connectivity index (χ1n) is 11.7. The van der Waals surface area contributed by atoms with Gasteiger partial charge in [-0.05, 0) is 31.2 Å². The summed E-state index contributed by atoms with van der Waals surface area (Å²) in [6.07, 6.45) is 1.56. The molecule has 0 unspecified atom stereocenters. The number of amides is 2. The highest BCUT2D eigenvalue weighted by Gasteiger charge is 2.44. The van der Waals surface area contributed by atoms with Crippen molar-refractivity contribution in [2.75, 3.05) is 19.7 Å². The van der Waals surface area contributed by atoms with Crippen molar-refractivity contribution in [1.82, 2.24) is 20.4 Å². The van der Waals surface area contributed by atoms with E-state index >= 15 is 0 Å². The minimum Gasteiger partial charge on any atom is -0.487 e. The van der Waals surface area contributed by atoms with Crippen LogP contribution in [0.1, 0.15) is 53.8 Å². The Kier molecular flexibility index (Phi) is 6.41. The molecule has 35 heavy (non-hydrogen) atoms. The molecule has 3 N–H and O–H groups in total. The molecule has 2 aromatic carbocycles. The van der Waals surface area contributed by atoms with Crippen LogP contribution in [0.5, 0.6) is 5.75 Å². The van der Waals surface area contributed by atoms with E-state index in [0.717, 1.165) is 21.2 Å². The summed E-state index contributed by atoms with van der Waals surface area (Å²) in [7, 11) is 0. The van der Waals surface area contributed by atoms with E-state index in [1.165, 1.54) is 0 Å². The number of aromatic nitrogens is 2. The maximum Gasteiger partial charge on any atom is 0.409 e. The molecule has 0 saturated carbocycles. The van der Waals surface area contributed by atoms with Crippen molar-refractivity contribution in [2.24, 2.45) is 0 Å². The van der Waals surface area contributed by atoms with Gasteiger partial charge in [0.2, 0.25) is 0 Å². The fourth-order valence-corrected chi connectivity index (χ4v) is 5.41. The number of aromatic amines is 1. The van der Waals surface area contributed by atoms with E-state index in [1.807, 2.05) is 24.3 Å². The highest BCUT2D eigenvalue weighted by molar-refractivity contribution is 9.10. The highest BCUT2D eigenvalue weighted by Crippen LogP contribution is 2.45. The number of carbonyl (C=O) groups excluding carboxylic acids is 2. The molecule has 3 heterocycles. The van der Waals surface area contributed by atoms with Crippen LogP contribution >= 0.6 is 15.9 Å². The molecule has 0 bridgehead atoms. The zero-order valence-electron chi connectivity index (χ0n) is 19.3. The van der Waals surface area contributed by atoms with Crippen LogP contribution in [-0.4, -0.2) is 57.5 Å². The third kappa shape index (κ3) is 4.48. The summed E-state index contributed by atoms with van der Waals surface area (Å²) in [6, 6.07) is 10.9. The average Bonchev–Trinajstić information content (AvgIpc) is 3.28. The van der Waals surface area contributed by atoms with Gasteiger partial charge in [-0.3, -0.25) is 9.89 Å². The largest absolute Gasteiger partial charge is 0.487 e. The van der Waals surface area contributed by atoms with Crippen LogP contribution in [0.15, 0.2) is 40.9 Å².